The molecule has 1 amide bonds. The summed E-state index contributed by atoms with van der Waals surface area (Å²) in [6.07, 6.45) is 1.94. The quantitative estimate of drug-likeness (QED) is 0.211. The minimum Gasteiger partial charge on any atom is -0.496 e. The average molecular weight is 647 g/mol. The Kier molecular flexibility index (Phi) is 7.82. The Morgan fingerprint density at radius 1 is 0.978 bits per heavy atom. The van der Waals surface area contributed by atoms with E-state index in [9.17, 15) is 9.59 Å². The van der Waals surface area contributed by atoms with Gasteiger partial charge in [-0.05, 0) is 73.5 Å². The highest BCUT2D eigenvalue weighted by Crippen LogP contribution is 2.47. The molecule has 9 heteroatoms. The van der Waals surface area contributed by atoms with Gasteiger partial charge in [0.25, 0.3) is 11.5 Å². The third-order valence-corrected chi connectivity index (χ3v) is 10.9. The van der Waals surface area contributed by atoms with Crippen LogP contribution in [0.25, 0.3) is 16.8 Å². The summed E-state index contributed by atoms with van der Waals surface area (Å²) < 4.78 is 8.18. The van der Waals surface area contributed by atoms with Crippen LogP contribution in [0.3, 0.4) is 0 Å². The summed E-state index contributed by atoms with van der Waals surface area (Å²) in [7, 11) is 3.71. The van der Waals surface area contributed by atoms with Crippen molar-refractivity contribution in [1.29, 1.82) is 0 Å². The zero-order valence-electron chi connectivity index (χ0n) is 26.4. The highest BCUT2D eigenvalue weighted by Gasteiger charge is 2.36. The Morgan fingerprint density at radius 3 is 2.50 bits per heavy atom. The molecule has 0 fully saturated rings. The second-order valence-electron chi connectivity index (χ2n) is 11.3. The normalized spacial score (nSPS) is 15.7. The number of hydrogen-bond donors (Lipinski definition) is 0. The van der Waals surface area contributed by atoms with Gasteiger partial charge >= 0.3 is 0 Å². The third-order valence-electron chi connectivity index (χ3n) is 8.82. The molecule has 0 N–H and O–H groups in total. The van der Waals surface area contributed by atoms with E-state index >= 15 is 0 Å². The second-order valence-corrected chi connectivity index (χ2v) is 13.4. The van der Waals surface area contributed by atoms with Gasteiger partial charge in [0.15, 0.2) is 4.80 Å². The predicted octanol–water partition coefficient (Wildman–Crippen LogP) is 6.50. The molecule has 0 spiro atoms. The number of allylic oxidation sites excluding steroid dienone is 1. The van der Waals surface area contributed by atoms with Crippen LogP contribution in [-0.2, 0) is 4.79 Å². The molecule has 1 atom stereocenters. The fraction of sp³-hybridized carbons (Fsp3) is 0.216. The molecule has 4 aromatic carbocycles. The van der Waals surface area contributed by atoms with Crippen molar-refractivity contribution in [1.82, 2.24) is 9.47 Å². The van der Waals surface area contributed by atoms with Crippen LogP contribution in [0.4, 0.5) is 11.4 Å². The number of anilines is 2. The molecule has 232 valence electrons. The highest BCUT2D eigenvalue weighted by atomic mass is 32.2. The minimum atomic E-state index is -0.711. The smallest absolute Gasteiger partial charge is 0.271 e. The number of aromatic nitrogens is 1. The molecular weight excluding hydrogens is 613 g/mol. The molecule has 2 aliphatic heterocycles. The van der Waals surface area contributed by atoms with E-state index in [0.717, 1.165) is 32.5 Å². The van der Waals surface area contributed by atoms with E-state index in [1.54, 1.807) is 28.3 Å². The number of carbonyl (C=O) groups excluding carboxylic acids is 1. The lowest BCUT2D eigenvalue weighted by Crippen LogP contribution is -2.43. The number of thiazole rings is 1. The molecule has 7 rings (SSSR count). The summed E-state index contributed by atoms with van der Waals surface area (Å²) in [5.74, 6) is 0.491. The Morgan fingerprint density at radius 2 is 1.72 bits per heavy atom. The van der Waals surface area contributed by atoms with E-state index in [1.807, 2.05) is 69.3 Å². The van der Waals surface area contributed by atoms with Crippen molar-refractivity contribution in [3.63, 3.8) is 0 Å². The van der Waals surface area contributed by atoms with Gasteiger partial charge in [-0.25, -0.2) is 4.99 Å². The number of hydrogen-bond acceptors (Lipinski definition) is 7. The Hall–Kier alpha value is -4.60. The molecule has 2 aliphatic rings. The van der Waals surface area contributed by atoms with E-state index in [4.69, 9.17) is 9.73 Å². The summed E-state index contributed by atoms with van der Waals surface area (Å²) in [6.45, 7) is 6.89. The fourth-order valence-electron chi connectivity index (χ4n) is 6.48. The number of amides is 1. The van der Waals surface area contributed by atoms with Crippen LogP contribution in [0.5, 0.6) is 5.75 Å². The van der Waals surface area contributed by atoms with E-state index in [-0.39, 0.29) is 11.5 Å². The number of para-hydroxylation sites is 1. The van der Waals surface area contributed by atoms with Crippen molar-refractivity contribution < 1.29 is 9.53 Å². The maximum absolute atomic E-state index is 14.5. The highest BCUT2D eigenvalue weighted by molar-refractivity contribution is 7.99. The Labute approximate surface area is 275 Å². The summed E-state index contributed by atoms with van der Waals surface area (Å²) in [6, 6.07) is 25.9. The largest absolute Gasteiger partial charge is 0.496 e. The average Bonchev–Trinajstić information content (AvgIpc) is 3.37. The zero-order chi connectivity index (χ0) is 32.1. The predicted molar refractivity (Wildman–Crippen MR) is 187 cm³/mol. The molecule has 0 unspecified atom stereocenters. The summed E-state index contributed by atoms with van der Waals surface area (Å²) in [4.78, 5) is 40.5. The van der Waals surface area contributed by atoms with Crippen LogP contribution in [0.1, 0.15) is 37.9 Å². The van der Waals surface area contributed by atoms with E-state index < -0.39 is 6.04 Å². The van der Waals surface area contributed by atoms with E-state index in [2.05, 4.69) is 48.3 Å². The minimum absolute atomic E-state index is 0.128. The van der Waals surface area contributed by atoms with Crippen LogP contribution >= 0.6 is 23.1 Å². The number of nitrogens with zero attached hydrogens (tertiary/aromatic N) is 4. The molecule has 7 nitrogen and oxygen atoms in total. The standard InChI is InChI=1S/C37H34N4O3S2/c1-6-40(7-2)36(43)32-22(3)38-37-41(34(32)33-25-13-9-8-12-24(25)17-19-28(33)44-5)35(42)31(46-37)21-23-16-18-27-30(20-23)45-29-15-11-10-14-26(29)39(27)4/h8-21,34H,6-7H2,1-5H3/b31-21-/t34-/m1/s1. The fourth-order valence-corrected chi connectivity index (χ4v) is 8.73. The van der Waals surface area contributed by atoms with Crippen LogP contribution in [-0.4, -0.2) is 42.6 Å². The molecular formula is C37H34N4O3S2. The number of benzene rings is 4. The summed E-state index contributed by atoms with van der Waals surface area (Å²) in [5.41, 5.74) is 4.93. The SMILES string of the molecule is CCN(CC)C(=O)C1=C(C)N=c2s/c(=C\c3ccc4c(c3)Sc3ccccc3N4C)c(=O)n2[C@H]1c1c(OC)ccc2ccccc12. The van der Waals surface area contributed by atoms with Crippen LogP contribution in [0.15, 0.2) is 110 Å². The van der Waals surface area contributed by atoms with Gasteiger partial charge in [-0.15, -0.1) is 0 Å². The van der Waals surface area contributed by atoms with Crippen molar-refractivity contribution in [2.24, 2.45) is 4.99 Å². The third kappa shape index (κ3) is 4.85. The molecule has 0 radical (unpaired) electrons. The monoisotopic (exact) mass is 646 g/mol. The van der Waals surface area contributed by atoms with Crippen molar-refractivity contribution in [3.8, 4) is 5.75 Å². The topological polar surface area (TPSA) is 67.1 Å². The lowest BCUT2D eigenvalue weighted by molar-refractivity contribution is -0.127. The number of carbonyl (C=O) groups is 1. The van der Waals surface area contributed by atoms with Gasteiger partial charge in [0.2, 0.25) is 0 Å². The molecule has 0 saturated heterocycles. The van der Waals surface area contributed by atoms with Gasteiger partial charge < -0.3 is 14.5 Å². The zero-order valence-corrected chi connectivity index (χ0v) is 28.0. The molecule has 0 aliphatic carbocycles. The van der Waals surface area contributed by atoms with E-state index in [1.165, 1.54) is 21.9 Å². The van der Waals surface area contributed by atoms with Gasteiger partial charge in [-0.3, -0.25) is 14.2 Å². The van der Waals surface area contributed by atoms with Crippen molar-refractivity contribution in [2.75, 3.05) is 32.1 Å². The first-order valence-electron chi connectivity index (χ1n) is 15.4. The lowest BCUT2D eigenvalue weighted by Gasteiger charge is -2.30. The van der Waals surface area contributed by atoms with Crippen molar-refractivity contribution in [2.45, 2.75) is 36.6 Å². The number of methoxy groups -OCH3 is 1. The maximum Gasteiger partial charge on any atom is 0.271 e. The maximum atomic E-state index is 14.5. The number of ether oxygens (including phenoxy) is 1. The number of fused-ring (bicyclic) bond motifs is 4. The van der Waals surface area contributed by atoms with Crippen LogP contribution in [0, 0.1) is 0 Å². The Balaban J connectivity index is 1.43. The molecule has 5 aromatic rings. The van der Waals surface area contributed by atoms with Gasteiger partial charge in [0.05, 0.1) is 34.3 Å². The van der Waals surface area contributed by atoms with Crippen molar-refractivity contribution in [3.05, 3.63) is 121 Å². The lowest BCUT2D eigenvalue weighted by atomic mass is 9.90. The molecule has 1 aromatic heterocycles. The number of rotatable bonds is 6. The van der Waals surface area contributed by atoms with Crippen LogP contribution in [0.2, 0.25) is 0 Å². The molecule has 0 bridgehead atoms. The number of likely N-dealkylation sites (N-methyl/N-ethyl adjacent to an activating group) is 1. The van der Waals surface area contributed by atoms with Crippen LogP contribution < -0.4 is 24.5 Å². The molecule has 0 saturated carbocycles. The van der Waals surface area contributed by atoms with Gasteiger partial charge in [0.1, 0.15) is 11.8 Å². The molecule has 3 heterocycles. The van der Waals surface area contributed by atoms with E-state index in [0.29, 0.717) is 39.4 Å². The molecule has 46 heavy (non-hydrogen) atoms. The van der Waals surface area contributed by atoms with Crippen molar-refractivity contribution >= 4 is 57.2 Å². The first-order chi connectivity index (χ1) is 22.3. The second kappa shape index (κ2) is 12.0. The van der Waals surface area contributed by atoms with Gasteiger partial charge in [-0.1, -0.05) is 71.6 Å². The first kappa shape index (κ1) is 30.1. The first-order valence-corrected chi connectivity index (χ1v) is 17.0. The van der Waals surface area contributed by atoms with Gasteiger partial charge in [-0.2, -0.15) is 0 Å². The van der Waals surface area contributed by atoms with Gasteiger partial charge in [0, 0.05) is 35.5 Å². The summed E-state index contributed by atoms with van der Waals surface area (Å²) >= 11 is 3.08. The summed E-state index contributed by atoms with van der Waals surface area (Å²) in [5, 5.41) is 1.93. The Bertz CT molecular complexity index is 2250.